The number of nitriles is 1. The van der Waals surface area contributed by atoms with Crippen LogP contribution in [0.3, 0.4) is 0 Å². The molecule has 1 saturated heterocycles. The molecule has 0 saturated carbocycles. The molecule has 1 unspecified atom stereocenters. The van der Waals surface area contributed by atoms with Crippen molar-refractivity contribution in [2.45, 2.75) is 26.3 Å². The van der Waals surface area contributed by atoms with Crippen molar-refractivity contribution < 1.29 is 0 Å². The molecule has 0 aliphatic carbocycles. The first-order chi connectivity index (χ1) is 10.8. The molecule has 0 amide bonds. The molecule has 0 radical (unpaired) electrons. The fraction of sp³-hybridized carbons (Fsp3) is 0.350. The normalized spacial score (nSPS) is 18.8. The Labute approximate surface area is 133 Å². The number of rotatable bonds is 3. The van der Waals surface area contributed by atoms with Crippen molar-refractivity contribution in [3.8, 4) is 17.2 Å². The number of likely N-dealkylation sites (tertiary alicyclic amines) is 1. The van der Waals surface area contributed by atoms with Crippen LogP contribution in [0.25, 0.3) is 11.1 Å². The smallest absolute Gasteiger partial charge is 0.0669 e. The fourth-order valence-electron chi connectivity index (χ4n) is 3.25. The maximum absolute atomic E-state index is 9.09. The summed E-state index contributed by atoms with van der Waals surface area (Å²) >= 11 is 0. The molecule has 1 heterocycles. The number of aryl methyl sites for hydroxylation is 1. The van der Waals surface area contributed by atoms with E-state index >= 15 is 0 Å². The van der Waals surface area contributed by atoms with E-state index < -0.39 is 0 Å². The lowest BCUT2D eigenvalue weighted by Gasteiger charge is -2.29. The van der Waals surface area contributed by atoms with E-state index in [1.165, 1.54) is 22.3 Å². The molecule has 0 bridgehead atoms. The number of benzene rings is 2. The second-order valence-corrected chi connectivity index (χ2v) is 6.22. The summed E-state index contributed by atoms with van der Waals surface area (Å²) in [5.41, 5.74) is 5.21. The van der Waals surface area contributed by atoms with Crippen molar-refractivity contribution in [2.75, 3.05) is 13.1 Å². The molecule has 1 aliphatic heterocycles. The van der Waals surface area contributed by atoms with Gasteiger partial charge in [-0.15, -0.1) is 0 Å². The molecule has 1 atom stereocenters. The Bertz CT molecular complexity index is 667. The predicted molar refractivity (Wildman–Crippen MR) is 90.2 cm³/mol. The summed E-state index contributed by atoms with van der Waals surface area (Å²) in [7, 11) is 0. The van der Waals surface area contributed by atoms with Gasteiger partial charge in [0, 0.05) is 13.1 Å². The number of piperidine rings is 1. The van der Waals surface area contributed by atoms with E-state index in [9.17, 15) is 0 Å². The van der Waals surface area contributed by atoms with Gasteiger partial charge in [-0.05, 0) is 48.6 Å². The summed E-state index contributed by atoms with van der Waals surface area (Å²) in [6, 6.07) is 19.8. The maximum atomic E-state index is 9.09. The van der Waals surface area contributed by atoms with Crippen molar-refractivity contribution in [3.05, 3.63) is 59.7 Å². The number of hydrogen-bond donors (Lipinski definition) is 0. The third-order valence-corrected chi connectivity index (χ3v) is 4.50. The van der Waals surface area contributed by atoms with Gasteiger partial charge in [0.15, 0.2) is 0 Å². The van der Waals surface area contributed by atoms with Crippen LogP contribution in [-0.2, 0) is 6.54 Å². The fourth-order valence-corrected chi connectivity index (χ4v) is 3.25. The van der Waals surface area contributed by atoms with Gasteiger partial charge in [-0.2, -0.15) is 5.26 Å². The Morgan fingerprint density at radius 3 is 2.64 bits per heavy atom. The zero-order chi connectivity index (χ0) is 15.4. The molecule has 2 aromatic carbocycles. The largest absolute Gasteiger partial charge is 0.298 e. The first kappa shape index (κ1) is 14.8. The number of hydrogen-bond acceptors (Lipinski definition) is 2. The first-order valence-electron chi connectivity index (χ1n) is 8.03. The van der Waals surface area contributed by atoms with Crippen LogP contribution in [0.15, 0.2) is 48.5 Å². The highest BCUT2D eigenvalue weighted by Gasteiger charge is 2.19. The second kappa shape index (κ2) is 6.77. The van der Waals surface area contributed by atoms with Crippen LogP contribution in [0.1, 0.15) is 24.0 Å². The van der Waals surface area contributed by atoms with Crippen molar-refractivity contribution in [2.24, 2.45) is 5.92 Å². The van der Waals surface area contributed by atoms with Crippen molar-refractivity contribution in [1.29, 1.82) is 5.26 Å². The highest BCUT2D eigenvalue weighted by molar-refractivity contribution is 5.67. The van der Waals surface area contributed by atoms with Crippen LogP contribution in [-0.4, -0.2) is 18.0 Å². The van der Waals surface area contributed by atoms with Gasteiger partial charge in [0.05, 0.1) is 12.0 Å². The average Bonchev–Trinajstić information content (AvgIpc) is 2.56. The maximum Gasteiger partial charge on any atom is 0.0669 e. The quantitative estimate of drug-likeness (QED) is 0.838. The Balaban J connectivity index is 1.70. The zero-order valence-electron chi connectivity index (χ0n) is 13.1. The van der Waals surface area contributed by atoms with Crippen LogP contribution in [0.2, 0.25) is 0 Å². The third-order valence-electron chi connectivity index (χ3n) is 4.50. The summed E-state index contributed by atoms with van der Waals surface area (Å²) in [6.45, 7) is 5.12. The van der Waals surface area contributed by atoms with Gasteiger partial charge in [-0.3, -0.25) is 4.90 Å². The summed E-state index contributed by atoms with van der Waals surface area (Å²) in [5.74, 6) is 0.208. The molecule has 0 spiro atoms. The molecule has 0 N–H and O–H groups in total. The van der Waals surface area contributed by atoms with Gasteiger partial charge in [0.2, 0.25) is 0 Å². The third kappa shape index (κ3) is 3.37. The minimum absolute atomic E-state index is 0.208. The molecule has 22 heavy (non-hydrogen) atoms. The predicted octanol–water partition coefficient (Wildman–Crippen LogP) is 4.40. The van der Waals surface area contributed by atoms with Gasteiger partial charge in [-0.1, -0.05) is 48.5 Å². The van der Waals surface area contributed by atoms with Crippen molar-refractivity contribution in [3.63, 3.8) is 0 Å². The summed E-state index contributed by atoms with van der Waals surface area (Å²) in [5, 5.41) is 9.09. The molecule has 3 rings (SSSR count). The van der Waals surface area contributed by atoms with Gasteiger partial charge < -0.3 is 0 Å². The van der Waals surface area contributed by atoms with Crippen LogP contribution in [0.4, 0.5) is 0 Å². The Kier molecular flexibility index (Phi) is 4.56. The highest BCUT2D eigenvalue weighted by Crippen LogP contribution is 2.24. The van der Waals surface area contributed by atoms with Gasteiger partial charge in [0.1, 0.15) is 0 Å². The van der Waals surface area contributed by atoms with Crippen LogP contribution in [0.5, 0.6) is 0 Å². The topological polar surface area (TPSA) is 27.0 Å². The van der Waals surface area contributed by atoms with E-state index in [-0.39, 0.29) is 5.92 Å². The van der Waals surface area contributed by atoms with Gasteiger partial charge >= 0.3 is 0 Å². The molecule has 2 nitrogen and oxygen atoms in total. The van der Waals surface area contributed by atoms with Crippen molar-refractivity contribution in [1.82, 2.24) is 4.90 Å². The highest BCUT2D eigenvalue weighted by atomic mass is 15.1. The standard InChI is InChI=1S/C20H22N2/c1-16-5-2-3-7-20(16)19-10-8-17(9-11-19)14-22-12-4-6-18(13-21)15-22/h2-3,5,7-11,18H,4,6,12,14-15H2,1H3. The minimum atomic E-state index is 0.208. The second-order valence-electron chi connectivity index (χ2n) is 6.22. The van der Waals surface area contributed by atoms with Crippen LogP contribution in [0, 0.1) is 24.2 Å². The average molecular weight is 290 g/mol. The van der Waals surface area contributed by atoms with E-state index in [4.69, 9.17) is 5.26 Å². The van der Waals surface area contributed by atoms with Gasteiger partial charge in [-0.25, -0.2) is 0 Å². The van der Waals surface area contributed by atoms with Crippen molar-refractivity contribution >= 4 is 0 Å². The van der Waals surface area contributed by atoms with E-state index in [1.807, 2.05) is 0 Å². The molecule has 2 aromatic rings. The molecule has 2 heteroatoms. The SMILES string of the molecule is Cc1ccccc1-c1ccc(CN2CCCC(C#N)C2)cc1. The molecular weight excluding hydrogens is 268 g/mol. The lowest BCUT2D eigenvalue weighted by atomic mass is 9.98. The van der Waals surface area contributed by atoms with Crippen LogP contribution < -0.4 is 0 Å². The Hall–Kier alpha value is -2.11. The number of nitrogens with zero attached hydrogens (tertiary/aromatic N) is 2. The summed E-state index contributed by atoms with van der Waals surface area (Å²) < 4.78 is 0. The van der Waals surface area contributed by atoms with E-state index in [2.05, 4.69) is 66.4 Å². The van der Waals surface area contributed by atoms with E-state index in [0.29, 0.717) is 0 Å². The zero-order valence-corrected chi connectivity index (χ0v) is 13.1. The lowest BCUT2D eigenvalue weighted by Crippen LogP contribution is -2.34. The lowest BCUT2D eigenvalue weighted by molar-refractivity contribution is 0.192. The summed E-state index contributed by atoms with van der Waals surface area (Å²) in [4.78, 5) is 2.40. The first-order valence-corrected chi connectivity index (χ1v) is 8.03. The molecule has 0 aromatic heterocycles. The molecular formula is C20H22N2. The Morgan fingerprint density at radius 2 is 1.91 bits per heavy atom. The van der Waals surface area contributed by atoms with Crippen LogP contribution >= 0.6 is 0 Å². The molecule has 112 valence electrons. The molecule has 1 fully saturated rings. The van der Waals surface area contributed by atoms with E-state index in [1.54, 1.807) is 0 Å². The molecule has 1 aliphatic rings. The summed E-state index contributed by atoms with van der Waals surface area (Å²) in [6.07, 6.45) is 2.19. The van der Waals surface area contributed by atoms with Gasteiger partial charge in [0.25, 0.3) is 0 Å². The Morgan fingerprint density at radius 1 is 1.14 bits per heavy atom. The monoisotopic (exact) mass is 290 g/mol. The minimum Gasteiger partial charge on any atom is -0.298 e. The van der Waals surface area contributed by atoms with E-state index in [0.717, 1.165) is 32.5 Å².